The molecule has 1 aromatic carbocycles. The second-order valence-corrected chi connectivity index (χ2v) is 7.79. The van der Waals surface area contributed by atoms with Crippen molar-refractivity contribution in [2.24, 2.45) is 0 Å². The van der Waals surface area contributed by atoms with E-state index in [2.05, 4.69) is 13.8 Å². The van der Waals surface area contributed by atoms with E-state index in [-0.39, 0.29) is 0 Å². The molecule has 0 amide bonds. The highest BCUT2D eigenvalue weighted by Crippen LogP contribution is 2.24. The van der Waals surface area contributed by atoms with Crippen molar-refractivity contribution in [3.63, 3.8) is 0 Å². The lowest BCUT2D eigenvalue weighted by Crippen LogP contribution is -2.26. The van der Waals surface area contributed by atoms with E-state index >= 15 is 0 Å². The van der Waals surface area contributed by atoms with Crippen LogP contribution in [-0.4, -0.2) is 22.3 Å². The van der Waals surface area contributed by atoms with Crippen LogP contribution in [0.4, 0.5) is 0 Å². The number of ether oxygens (including phenoxy) is 1. The molecule has 0 radical (unpaired) electrons. The van der Waals surface area contributed by atoms with Gasteiger partial charge in [0.2, 0.25) is 0 Å². The number of aliphatic hydroxyl groups excluding tert-OH is 1. The Kier molecular flexibility index (Phi) is 13.5. The third-order valence-electron chi connectivity index (χ3n) is 5.22. The summed E-state index contributed by atoms with van der Waals surface area (Å²) in [6.07, 6.45) is 12.7. The van der Waals surface area contributed by atoms with Crippen LogP contribution in [0.2, 0.25) is 0 Å². The average molecular weight is 393 g/mol. The van der Waals surface area contributed by atoms with Gasteiger partial charge >= 0.3 is 5.97 Å². The van der Waals surface area contributed by atoms with E-state index in [1.54, 1.807) is 12.1 Å². The summed E-state index contributed by atoms with van der Waals surface area (Å²) >= 11 is 0. The van der Waals surface area contributed by atoms with Gasteiger partial charge in [0.25, 0.3) is 0 Å². The summed E-state index contributed by atoms with van der Waals surface area (Å²) < 4.78 is 5.68. The molecule has 0 aliphatic rings. The molecule has 1 rings (SSSR count). The minimum Gasteiger partial charge on any atom is -0.479 e. The van der Waals surface area contributed by atoms with E-state index in [1.165, 1.54) is 38.5 Å². The number of hydrogen-bond acceptors (Lipinski definition) is 3. The van der Waals surface area contributed by atoms with Crippen LogP contribution in [0.5, 0.6) is 5.75 Å². The van der Waals surface area contributed by atoms with Crippen molar-refractivity contribution < 1.29 is 19.7 Å². The molecule has 2 N–H and O–H groups in total. The Hall–Kier alpha value is -1.55. The number of carbonyl (C=O) groups is 1. The van der Waals surface area contributed by atoms with Crippen LogP contribution in [0.15, 0.2) is 24.3 Å². The fraction of sp³-hybridized carbons (Fsp3) is 0.708. The summed E-state index contributed by atoms with van der Waals surface area (Å²) in [6.45, 7) is 4.38. The molecule has 4 heteroatoms. The Balaban J connectivity index is 2.39. The van der Waals surface area contributed by atoms with Crippen molar-refractivity contribution in [1.29, 1.82) is 0 Å². The molecule has 0 aromatic heterocycles. The molecule has 0 fully saturated rings. The number of carboxylic acids is 1. The maximum Gasteiger partial charge on any atom is 0.344 e. The molecule has 160 valence electrons. The summed E-state index contributed by atoms with van der Waals surface area (Å²) in [7, 11) is 0. The monoisotopic (exact) mass is 392 g/mol. The van der Waals surface area contributed by atoms with E-state index in [9.17, 15) is 15.0 Å². The van der Waals surface area contributed by atoms with Gasteiger partial charge in [0.1, 0.15) is 5.75 Å². The van der Waals surface area contributed by atoms with Crippen LogP contribution in [0.1, 0.15) is 109 Å². The SMILES string of the molecule is CCCCCCCCC(Oc1ccc([C@@H](O)CCCCCCC)cc1)C(=O)O. The molecule has 0 heterocycles. The maximum absolute atomic E-state index is 11.5. The smallest absolute Gasteiger partial charge is 0.344 e. The van der Waals surface area contributed by atoms with E-state index in [0.29, 0.717) is 12.2 Å². The van der Waals surface area contributed by atoms with E-state index in [0.717, 1.165) is 44.1 Å². The second-order valence-electron chi connectivity index (χ2n) is 7.79. The molecular formula is C24H40O4. The lowest BCUT2D eigenvalue weighted by Gasteiger charge is -2.16. The Labute approximate surface area is 171 Å². The van der Waals surface area contributed by atoms with Crippen molar-refractivity contribution >= 4 is 5.97 Å². The van der Waals surface area contributed by atoms with Crippen LogP contribution in [-0.2, 0) is 4.79 Å². The lowest BCUT2D eigenvalue weighted by molar-refractivity contribution is -0.145. The molecular weight excluding hydrogens is 352 g/mol. The Morgan fingerprint density at radius 3 is 1.86 bits per heavy atom. The molecule has 28 heavy (non-hydrogen) atoms. The second kappa shape index (κ2) is 15.4. The first-order valence-electron chi connectivity index (χ1n) is 11.3. The van der Waals surface area contributed by atoms with Gasteiger partial charge in [0.15, 0.2) is 6.10 Å². The summed E-state index contributed by atoms with van der Waals surface area (Å²) in [4.78, 5) is 11.5. The number of carboxylic acid groups (broad SMARTS) is 1. The number of rotatable bonds is 17. The van der Waals surface area contributed by atoms with Crippen LogP contribution < -0.4 is 4.74 Å². The van der Waals surface area contributed by atoms with Gasteiger partial charge in [0, 0.05) is 0 Å². The highest BCUT2D eigenvalue weighted by atomic mass is 16.5. The van der Waals surface area contributed by atoms with E-state index < -0.39 is 18.2 Å². The molecule has 0 saturated heterocycles. The maximum atomic E-state index is 11.5. The third kappa shape index (κ3) is 10.7. The fourth-order valence-corrected chi connectivity index (χ4v) is 3.38. The summed E-state index contributed by atoms with van der Waals surface area (Å²) in [5, 5.41) is 19.7. The predicted octanol–water partition coefficient (Wildman–Crippen LogP) is 6.66. The van der Waals surface area contributed by atoms with Gasteiger partial charge in [-0.2, -0.15) is 0 Å². The number of aliphatic carboxylic acids is 1. The molecule has 0 bridgehead atoms. The van der Waals surface area contributed by atoms with Crippen LogP contribution >= 0.6 is 0 Å². The number of aliphatic hydroxyl groups is 1. The zero-order valence-electron chi connectivity index (χ0n) is 17.9. The molecule has 0 spiro atoms. The zero-order chi connectivity index (χ0) is 20.6. The molecule has 0 saturated carbocycles. The molecule has 0 aliphatic heterocycles. The highest BCUT2D eigenvalue weighted by molar-refractivity contribution is 5.72. The minimum absolute atomic E-state index is 0.464. The summed E-state index contributed by atoms with van der Waals surface area (Å²) in [5.41, 5.74) is 0.866. The average Bonchev–Trinajstić information content (AvgIpc) is 2.69. The first-order chi connectivity index (χ1) is 13.6. The van der Waals surface area contributed by atoms with Crippen LogP contribution in [0.25, 0.3) is 0 Å². The standard InChI is InChI=1S/C24H40O4/c1-3-5-7-9-11-13-15-23(24(26)27)28-21-18-16-20(17-19-21)22(25)14-12-10-8-6-4-2/h16-19,22-23,25H,3-15H2,1-2H3,(H,26,27)/t22-,23?/m0/s1. The first-order valence-corrected chi connectivity index (χ1v) is 11.3. The van der Waals surface area contributed by atoms with Crippen molar-refractivity contribution in [2.45, 2.75) is 110 Å². The Bertz CT molecular complexity index is 512. The van der Waals surface area contributed by atoms with Gasteiger partial charge in [-0.25, -0.2) is 4.79 Å². The number of hydrogen-bond donors (Lipinski definition) is 2. The molecule has 1 aromatic rings. The van der Waals surface area contributed by atoms with Gasteiger partial charge in [-0.15, -0.1) is 0 Å². The molecule has 4 nitrogen and oxygen atoms in total. The largest absolute Gasteiger partial charge is 0.479 e. The van der Waals surface area contributed by atoms with Gasteiger partial charge in [-0.3, -0.25) is 0 Å². The van der Waals surface area contributed by atoms with Crippen molar-refractivity contribution in [1.82, 2.24) is 0 Å². The fourth-order valence-electron chi connectivity index (χ4n) is 3.38. The number of unbranched alkanes of at least 4 members (excludes halogenated alkanes) is 9. The first kappa shape index (κ1) is 24.5. The molecule has 1 unspecified atom stereocenters. The summed E-state index contributed by atoms with van der Waals surface area (Å²) in [5.74, 6) is -0.359. The van der Waals surface area contributed by atoms with Crippen molar-refractivity contribution in [3.05, 3.63) is 29.8 Å². The number of benzene rings is 1. The van der Waals surface area contributed by atoms with Gasteiger partial charge in [-0.05, 0) is 37.0 Å². The minimum atomic E-state index is -0.912. The third-order valence-corrected chi connectivity index (χ3v) is 5.22. The van der Waals surface area contributed by atoms with Gasteiger partial charge in [0.05, 0.1) is 6.10 Å². The highest BCUT2D eigenvalue weighted by Gasteiger charge is 2.19. The van der Waals surface area contributed by atoms with Crippen molar-refractivity contribution in [3.8, 4) is 5.75 Å². The van der Waals surface area contributed by atoms with E-state index in [1.807, 2.05) is 12.1 Å². The van der Waals surface area contributed by atoms with Crippen molar-refractivity contribution in [2.75, 3.05) is 0 Å². The van der Waals surface area contributed by atoms with E-state index in [4.69, 9.17) is 4.74 Å². The molecule has 0 aliphatic carbocycles. The Morgan fingerprint density at radius 2 is 1.32 bits per heavy atom. The quantitative estimate of drug-likeness (QED) is 0.291. The molecule has 2 atom stereocenters. The van der Waals surface area contributed by atoms with Gasteiger partial charge in [-0.1, -0.05) is 90.2 Å². The Morgan fingerprint density at radius 1 is 0.821 bits per heavy atom. The normalized spacial score (nSPS) is 13.2. The summed E-state index contributed by atoms with van der Waals surface area (Å²) in [6, 6.07) is 7.23. The predicted molar refractivity (Wildman–Crippen MR) is 115 cm³/mol. The van der Waals surface area contributed by atoms with Crippen LogP contribution in [0, 0.1) is 0 Å². The van der Waals surface area contributed by atoms with Crippen LogP contribution in [0.3, 0.4) is 0 Å². The topological polar surface area (TPSA) is 66.8 Å². The lowest BCUT2D eigenvalue weighted by atomic mass is 10.0. The van der Waals surface area contributed by atoms with Gasteiger partial charge < -0.3 is 14.9 Å². The zero-order valence-corrected chi connectivity index (χ0v) is 17.9.